The van der Waals surface area contributed by atoms with Crippen molar-refractivity contribution in [3.8, 4) is 0 Å². The summed E-state index contributed by atoms with van der Waals surface area (Å²) in [6, 6.07) is 9.04. The first-order chi connectivity index (χ1) is 8.71. The van der Waals surface area contributed by atoms with Crippen LogP contribution in [0.5, 0.6) is 0 Å². The molecule has 0 amide bonds. The van der Waals surface area contributed by atoms with Crippen LogP contribution in [0.4, 0.5) is 0 Å². The number of hydrogen-bond donors (Lipinski definition) is 1. The number of nitrogens with zero attached hydrogens (tertiary/aromatic N) is 4. The molecule has 18 heavy (non-hydrogen) atoms. The molecule has 1 heterocycles. The van der Waals surface area contributed by atoms with Crippen molar-refractivity contribution in [1.82, 2.24) is 20.2 Å². The van der Waals surface area contributed by atoms with E-state index in [0.717, 1.165) is 0 Å². The number of carbonyl (C=O) groups is 1. The van der Waals surface area contributed by atoms with Gasteiger partial charge in [-0.1, -0.05) is 43.7 Å². The minimum Gasteiger partial charge on any atom is -0.479 e. The van der Waals surface area contributed by atoms with E-state index in [4.69, 9.17) is 0 Å². The zero-order valence-electron chi connectivity index (χ0n) is 10.0. The third-order valence-corrected chi connectivity index (χ3v) is 2.96. The molecule has 1 unspecified atom stereocenters. The first-order valence-corrected chi connectivity index (χ1v) is 5.74. The second kappa shape index (κ2) is 4.95. The SMILES string of the molecule is CCCC(C(=O)O)(c1ccccc1)n1cnnn1. The molecule has 2 rings (SSSR count). The molecule has 1 aromatic heterocycles. The fraction of sp³-hybridized carbons (Fsp3) is 0.333. The number of rotatable bonds is 5. The summed E-state index contributed by atoms with van der Waals surface area (Å²) in [6.45, 7) is 1.94. The Morgan fingerprint density at radius 1 is 1.39 bits per heavy atom. The Morgan fingerprint density at radius 3 is 2.61 bits per heavy atom. The Kier molecular flexibility index (Phi) is 3.36. The summed E-state index contributed by atoms with van der Waals surface area (Å²) in [7, 11) is 0. The Bertz CT molecular complexity index is 512. The van der Waals surface area contributed by atoms with Gasteiger partial charge >= 0.3 is 5.97 Å². The van der Waals surface area contributed by atoms with Crippen molar-refractivity contribution in [3.05, 3.63) is 42.2 Å². The van der Waals surface area contributed by atoms with Crippen LogP contribution < -0.4 is 0 Å². The second-order valence-corrected chi connectivity index (χ2v) is 4.04. The fourth-order valence-electron chi connectivity index (χ4n) is 2.13. The highest BCUT2D eigenvalue weighted by atomic mass is 16.4. The molecule has 0 radical (unpaired) electrons. The molecule has 0 aliphatic heterocycles. The zero-order chi connectivity index (χ0) is 13.0. The average Bonchev–Trinajstić information content (AvgIpc) is 2.90. The lowest BCUT2D eigenvalue weighted by molar-refractivity contribution is -0.146. The molecule has 94 valence electrons. The molecule has 1 N–H and O–H groups in total. The maximum absolute atomic E-state index is 11.8. The Balaban J connectivity index is 2.62. The van der Waals surface area contributed by atoms with Gasteiger partial charge in [-0.15, -0.1) is 5.10 Å². The first kappa shape index (κ1) is 12.2. The number of aliphatic carboxylic acids is 1. The van der Waals surface area contributed by atoms with Crippen molar-refractivity contribution in [2.75, 3.05) is 0 Å². The van der Waals surface area contributed by atoms with Crippen LogP contribution in [0.2, 0.25) is 0 Å². The summed E-state index contributed by atoms with van der Waals surface area (Å²) >= 11 is 0. The molecule has 0 bridgehead atoms. The van der Waals surface area contributed by atoms with E-state index in [1.165, 1.54) is 11.0 Å². The van der Waals surface area contributed by atoms with E-state index in [-0.39, 0.29) is 0 Å². The van der Waals surface area contributed by atoms with Crippen LogP contribution in [0, 0.1) is 0 Å². The molecule has 0 saturated heterocycles. The van der Waals surface area contributed by atoms with Gasteiger partial charge in [0.15, 0.2) is 5.54 Å². The number of carboxylic acids is 1. The van der Waals surface area contributed by atoms with Crippen molar-refractivity contribution in [3.63, 3.8) is 0 Å². The highest BCUT2D eigenvalue weighted by Gasteiger charge is 2.42. The lowest BCUT2D eigenvalue weighted by Crippen LogP contribution is -2.43. The smallest absolute Gasteiger partial charge is 0.336 e. The van der Waals surface area contributed by atoms with E-state index >= 15 is 0 Å². The van der Waals surface area contributed by atoms with E-state index in [1.54, 1.807) is 12.1 Å². The van der Waals surface area contributed by atoms with Gasteiger partial charge < -0.3 is 5.11 Å². The van der Waals surface area contributed by atoms with Crippen molar-refractivity contribution >= 4 is 5.97 Å². The van der Waals surface area contributed by atoms with E-state index < -0.39 is 11.5 Å². The topological polar surface area (TPSA) is 80.9 Å². The third-order valence-electron chi connectivity index (χ3n) is 2.96. The molecular weight excluding hydrogens is 232 g/mol. The Hall–Kier alpha value is -2.24. The molecule has 0 aliphatic rings. The van der Waals surface area contributed by atoms with Crippen molar-refractivity contribution in [2.45, 2.75) is 25.3 Å². The zero-order valence-corrected chi connectivity index (χ0v) is 10.0. The summed E-state index contributed by atoms with van der Waals surface area (Å²) in [4.78, 5) is 11.8. The van der Waals surface area contributed by atoms with Gasteiger partial charge in [-0.2, -0.15) is 0 Å². The monoisotopic (exact) mass is 246 g/mol. The van der Waals surface area contributed by atoms with E-state index in [1.807, 2.05) is 25.1 Å². The highest BCUT2D eigenvalue weighted by molar-refractivity contribution is 5.81. The fourth-order valence-corrected chi connectivity index (χ4v) is 2.13. The average molecular weight is 246 g/mol. The minimum absolute atomic E-state index is 0.428. The summed E-state index contributed by atoms with van der Waals surface area (Å²) < 4.78 is 1.31. The number of carboxylic acid groups (broad SMARTS) is 1. The van der Waals surface area contributed by atoms with Crippen LogP contribution in [0.1, 0.15) is 25.3 Å². The minimum atomic E-state index is -1.24. The van der Waals surface area contributed by atoms with Crippen LogP contribution in [-0.2, 0) is 10.3 Å². The van der Waals surface area contributed by atoms with Crippen molar-refractivity contribution in [2.24, 2.45) is 0 Å². The van der Waals surface area contributed by atoms with E-state index in [9.17, 15) is 9.90 Å². The third kappa shape index (κ3) is 1.85. The predicted molar refractivity (Wildman–Crippen MR) is 63.9 cm³/mol. The number of aromatic nitrogens is 4. The van der Waals surface area contributed by atoms with Gasteiger partial charge in [0.1, 0.15) is 6.33 Å². The summed E-state index contributed by atoms with van der Waals surface area (Å²) in [5, 5.41) is 20.5. The lowest BCUT2D eigenvalue weighted by atomic mass is 9.86. The molecule has 0 fully saturated rings. The molecule has 0 saturated carbocycles. The van der Waals surface area contributed by atoms with E-state index in [2.05, 4.69) is 15.5 Å². The summed E-state index contributed by atoms with van der Waals surface area (Å²) in [5.74, 6) is -0.956. The Labute approximate surface area is 104 Å². The second-order valence-electron chi connectivity index (χ2n) is 4.04. The maximum Gasteiger partial charge on any atom is 0.336 e. The van der Waals surface area contributed by atoms with E-state index in [0.29, 0.717) is 18.4 Å². The van der Waals surface area contributed by atoms with Gasteiger partial charge in [0.25, 0.3) is 0 Å². The van der Waals surface area contributed by atoms with Gasteiger partial charge in [-0.25, -0.2) is 9.48 Å². The molecule has 0 spiro atoms. The van der Waals surface area contributed by atoms with Crippen LogP contribution in [0.25, 0.3) is 0 Å². The summed E-state index contributed by atoms with van der Waals surface area (Å²) in [5.41, 5.74) is -0.564. The predicted octanol–water partition coefficient (Wildman–Crippen LogP) is 1.30. The number of tetrazole rings is 1. The van der Waals surface area contributed by atoms with Gasteiger partial charge in [-0.05, 0) is 22.4 Å². The first-order valence-electron chi connectivity index (χ1n) is 5.74. The molecule has 2 aromatic rings. The van der Waals surface area contributed by atoms with Crippen LogP contribution in [-0.4, -0.2) is 31.3 Å². The Morgan fingerprint density at radius 2 is 2.11 bits per heavy atom. The van der Waals surface area contributed by atoms with Crippen molar-refractivity contribution in [1.29, 1.82) is 0 Å². The highest BCUT2D eigenvalue weighted by Crippen LogP contribution is 2.30. The van der Waals surface area contributed by atoms with Gasteiger partial charge in [0.05, 0.1) is 0 Å². The largest absolute Gasteiger partial charge is 0.479 e. The van der Waals surface area contributed by atoms with Gasteiger partial charge in [0.2, 0.25) is 0 Å². The quantitative estimate of drug-likeness (QED) is 0.860. The lowest BCUT2D eigenvalue weighted by Gasteiger charge is -2.28. The standard InChI is InChI=1S/C12H14N4O2/c1-2-8-12(11(17)18,16-9-13-14-15-16)10-6-4-3-5-7-10/h3-7,9H,2,8H2,1H3,(H,17,18). The van der Waals surface area contributed by atoms with Gasteiger partial charge in [0, 0.05) is 0 Å². The molecular formula is C12H14N4O2. The molecule has 0 aliphatic carbocycles. The number of benzene rings is 1. The number of hydrogen-bond acceptors (Lipinski definition) is 4. The molecule has 1 atom stereocenters. The normalized spacial score (nSPS) is 14.1. The van der Waals surface area contributed by atoms with Crippen molar-refractivity contribution < 1.29 is 9.90 Å². The molecule has 6 nitrogen and oxygen atoms in total. The molecule has 1 aromatic carbocycles. The van der Waals surface area contributed by atoms with Crippen LogP contribution >= 0.6 is 0 Å². The van der Waals surface area contributed by atoms with Gasteiger partial charge in [-0.3, -0.25) is 0 Å². The van der Waals surface area contributed by atoms with Crippen LogP contribution in [0.3, 0.4) is 0 Å². The molecule has 6 heteroatoms. The maximum atomic E-state index is 11.8. The van der Waals surface area contributed by atoms with Crippen LogP contribution in [0.15, 0.2) is 36.7 Å². The summed E-state index contributed by atoms with van der Waals surface area (Å²) in [6.07, 6.45) is 2.48.